The van der Waals surface area contributed by atoms with Crippen molar-refractivity contribution < 1.29 is 9.18 Å². The molecule has 1 heterocycles. The number of pyridine rings is 1. The number of nitrogens with zero attached hydrogens (tertiary/aromatic N) is 2. The molecule has 3 aromatic rings. The maximum absolute atomic E-state index is 13.8. The molecule has 0 atom stereocenters. The van der Waals surface area contributed by atoms with Gasteiger partial charge in [0.05, 0.1) is 5.69 Å². The van der Waals surface area contributed by atoms with E-state index in [1.165, 1.54) is 12.1 Å². The van der Waals surface area contributed by atoms with Crippen molar-refractivity contribution in [2.45, 2.75) is 26.3 Å². The minimum atomic E-state index is -0.469. The van der Waals surface area contributed by atoms with Crippen LogP contribution in [0, 0.1) is 5.82 Å². The van der Waals surface area contributed by atoms with Crippen LogP contribution < -0.4 is 4.90 Å². The number of rotatable bonds is 3. The van der Waals surface area contributed by atoms with Gasteiger partial charge in [-0.2, -0.15) is 0 Å². The molecule has 0 spiro atoms. The van der Waals surface area contributed by atoms with Crippen molar-refractivity contribution >= 4 is 23.0 Å². The summed E-state index contributed by atoms with van der Waals surface area (Å²) in [6.07, 6.45) is 0.751. The highest BCUT2D eigenvalue weighted by atomic mass is 19.1. The SMILES string of the molecule is CC(C)(C)N(C=O)c1nc(-c2ccccc2)cc2ccc(F)cc12. The summed E-state index contributed by atoms with van der Waals surface area (Å²) >= 11 is 0. The van der Waals surface area contributed by atoms with E-state index in [1.807, 2.05) is 57.2 Å². The molecule has 0 fully saturated rings. The molecule has 24 heavy (non-hydrogen) atoms. The summed E-state index contributed by atoms with van der Waals surface area (Å²) in [6.45, 7) is 5.76. The van der Waals surface area contributed by atoms with Crippen LogP contribution in [-0.4, -0.2) is 16.9 Å². The number of hydrogen-bond acceptors (Lipinski definition) is 2. The van der Waals surface area contributed by atoms with Crippen LogP contribution in [-0.2, 0) is 4.79 Å². The molecule has 0 aliphatic rings. The highest BCUT2D eigenvalue weighted by Gasteiger charge is 2.25. The summed E-state index contributed by atoms with van der Waals surface area (Å²) in [5, 5.41) is 1.47. The number of hydrogen-bond donors (Lipinski definition) is 0. The van der Waals surface area contributed by atoms with Gasteiger partial charge < -0.3 is 0 Å². The number of fused-ring (bicyclic) bond motifs is 1. The van der Waals surface area contributed by atoms with E-state index >= 15 is 0 Å². The lowest BCUT2D eigenvalue weighted by Crippen LogP contribution is -2.41. The maximum Gasteiger partial charge on any atom is 0.215 e. The van der Waals surface area contributed by atoms with Crippen molar-refractivity contribution in [2.75, 3.05) is 4.90 Å². The summed E-state index contributed by atoms with van der Waals surface area (Å²) in [7, 11) is 0. The fraction of sp³-hybridized carbons (Fsp3) is 0.200. The first-order valence-corrected chi connectivity index (χ1v) is 7.80. The second-order valence-electron chi connectivity index (χ2n) is 6.71. The van der Waals surface area contributed by atoms with Gasteiger partial charge in [0.25, 0.3) is 0 Å². The molecule has 4 heteroatoms. The van der Waals surface area contributed by atoms with Gasteiger partial charge >= 0.3 is 0 Å². The minimum Gasteiger partial charge on any atom is -0.294 e. The summed E-state index contributed by atoms with van der Waals surface area (Å²) in [6, 6.07) is 16.2. The zero-order valence-electron chi connectivity index (χ0n) is 14.0. The standard InChI is InChI=1S/C20H19FN2O/c1-20(2,3)23(13-24)19-17-12-16(21)10-9-15(17)11-18(22-19)14-7-5-4-6-8-14/h4-13H,1-3H3. The number of aromatic nitrogens is 1. The van der Waals surface area contributed by atoms with Gasteiger partial charge in [-0.3, -0.25) is 9.69 Å². The van der Waals surface area contributed by atoms with Gasteiger partial charge in [-0.1, -0.05) is 36.4 Å². The normalized spacial score (nSPS) is 11.5. The van der Waals surface area contributed by atoms with Crippen molar-refractivity contribution in [3.63, 3.8) is 0 Å². The fourth-order valence-electron chi connectivity index (χ4n) is 2.67. The molecule has 1 amide bonds. The number of halogens is 1. The van der Waals surface area contributed by atoms with Crippen LogP contribution in [0.4, 0.5) is 10.2 Å². The molecule has 0 bridgehead atoms. The number of amides is 1. The molecule has 0 N–H and O–H groups in total. The zero-order valence-corrected chi connectivity index (χ0v) is 14.0. The fourth-order valence-corrected chi connectivity index (χ4v) is 2.67. The van der Waals surface area contributed by atoms with Crippen LogP contribution in [0.15, 0.2) is 54.6 Å². The third-order valence-corrected chi connectivity index (χ3v) is 3.90. The van der Waals surface area contributed by atoms with Crippen molar-refractivity contribution in [3.05, 3.63) is 60.4 Å². The van der Waals surface area contributed by atoms with Crippen LogP contribution in [0.1, 0.15) is 20.8 Å². The Morgan fingerprint density at radius 3 is 2.38 bits per heavy atom. The lowest BCUT2D eigenvalue weighted by Gasteiger charge is -2.32. The molecular formula is C20H19FN2O. The first-order valence-electron chi connectivity index (χ1n) is 7.80. The van der Waals surface area contributed by atoms with Crippen molar-refractivity contribution in [3.8, 4) is 11.3 Å². The molecule has 2 aromatic carbocycles. The molecular weight excluding hydrogens is 303 g/mol. The third-order valence-electron chi connectivity index (χ3n) is 3.90. The number of carbonyl (C=O) groups is 1. The van der Waals surface area contributed by atoms with Crippen LogP contribution in [0.25, 0.3) is 22.0 Å². The Bertz CT molecular complexity index is 885. The molecule has 1 aromatic heterocycles. The van der Waals surface area contributed by atoms with Crippen LogP contribution in [0.2, 0.25) is 0 Å². The highest BCUT2D eigenvalue weighted by molar-refractivity contribution is 5.99. The largest absolute Gasteiger partial charge is 0.294 e. The van der Waals surface area contributed by atoms with E-state index in [0.29, 0.717) is 11.2 Å². The predicted molar refractivity (Wildman–Crippen MR) is 95.4 cm³/mol. The average Bonchev–Trinajstić information content (AvgIpc) is 2.55. The number of carbonyl (C=O) groups excluding carboxylic acids is 1. The molecule has 0 aliphatic heterocycles. The van der Waals surface area contributed by atoms with E-state index in [0.717, 1.165) is 23.1 Å². The van der Waals surface area contributed by atoms with Gasteiger partial charge in [0, 0.05) is 16.5 Å². The van der Waals surface area contributed by atoms with Crippen LogP contribution in [0.3, 0.4) is 0 Å². The first-order chi connectivity index (χ1) is 11.4. The Morgan fingerprint density at radius 2 is 1.75 bits per heavy atom. The average molecular weight is 322 g/mol. The van der Waals surface area contributed by atoms with Gasteiger partial charge in [-0.25, -0.2) is 9.37 Å². The topological polar surface area (TPSA) is 33.2 Å². The van der Waals surface area contributed by atoms with E-state index in [9.17, 15) is 9.18 Å². The molecule has 3 nitrogen and oxygen atoms in total. The van der Waals surface area contributed by atoms with Crippen molar-refractivity contribution in [1.82, 2.24) is 4.98 Å². The molecule has 0 radical (unpaired) electrons. The Labute approximate surface area is 140 Å². The molecule has 0 aliphatic carbocycles. The van der Waals surface area contributed by atoms with Crippen LogP contribution in [0.5, 0.6) is 0 Å². The molecule has 122 valence electrons. The second-order valence-corrected chi connectivity index (χ2v) is 6.71. The first kappa shape index (κ1) is 16.1. The highest BCUT2D eigenvalue weighted by Crippen LogP contribution is 2.33. The minimum absolute atomic E-state index is 0.349. The van der Waals surface area contributed by atoms with E-state index in [-0.39, 0.29) is 5.82 Å². The number of anilines is 1. The zero-order chi connectivity index (χ0) is 17.3. The lowest BCUT2D eigenvalue weighted by atomic mass is 10.0. The Morgan fingerprint density at radius 1 is 1.04 bits per heavy atom. The van der Waals surface area contributed by atoms with Gasteiger partial charge in [-0.15, -0.1) is 0 Å². The van der Waals surface area contributed by atoms with Gasteiger partial charge in [0.15, 0.2) is 0 Å². The van der Waals surface area contributed by atoms with E-state index in [2.05, 4.69) is 4.98 Å². The Kier molecular flexibility index (Phi) is 4.06. The Hall–Kier alpha value is -2.75. The lowest BCUT2D eigenvalue weighted by molar-refractivity contribution is -0.108. The smallest absolute Gasteiger partial charge is 0.215 e. The quantitative estimate of drug-likeness (QED) is 0.649. The van der Waals surface area contributed by atoms with Gasteiger partial charge in [0.2, 0.25) is 6.41 Å². The summed E-state index contributed by atoms with van der Waals surface area (Å²) < 4.78 is 13.8. The van der Waals surface area contributed by atoms with E-state index in [4.69, 9.17) is 0 Å². The monoisotopic (exact) mass is 322 g/mol. The van der Waals surface area contributed by atoms with E-state index in [1.54, 1.807) is 11.0 Å². The number of benzene rings is 2. The predicted octanol–water partition coefficient (Wildman–Crippen LogP) is 4.80. The second kappa shape index (κ2) is 6.04. The summed E-state index contributed by atoms with van der Waals surface area (Å²) in [5.41, 5.74) is 1.23. The van der Waals surface area contributed by atoms with Crippen molar-refractivity contribution in [1.29, 1.82) is 0 Å². The maximum atomic E-state index is 13.8. The molecule has 3 rings (SSSR count). The Balaban J connectivity index is 2.32. The summed E-state index contributed by atoms with van der Waals surface area (Å²) in [4.78, 5) is 17.9. The van der Waals surface area contributed by atoms with Crippen LogP contribution >= 0.6 is 0 Å². The van der Waals surface area contributed by atoms with Gasteiger partial charge in [0.1, 0.15) is 11.6 Å². The summed E-state index contributed by atoms with van der Waals surface area (Å²) in [5.74, 6) is 0.117. The van der Waals surface area contributed by atoms with Gasteiger partial charge in [-0.05, 0) is 44.4 Å². The third kappa shape index (κ3) is 3.00. The van der Waals surface area contributed by atoms with E-state index < -0.39 is 5.54 Å². The molecule has 0 saturated carbocycles. The molecule has 0 saturated heterocycles. The van der Waals surface area contributed by atoms with Crippen molar-refractivity contribution in [2.24, 2.45) is 0 Å². The molecule has 0 unspecified atom stereocenters.